The maximum absolute atomic E-state index is 13.2. The van der Waals surface area contributed by atoms with Crippen molar-refractivity contribution in [3.05, 3.63) is 23.8 Å². The van der Waals surface area contributed by atoms with E-state index < -0.39 is 0 Å². The molecule has 6 heteroatoms. The minimum Gasteiger partial charge on any atom is -0.486 e. The van der Waals surface area contributed by atoms with E-state index in [0.717, 1.165) is 62.4 Å². The van der Waals surface area contributed by atoms with Gasteiger partial charge in [-0.2, -0.15) is 0 Å². The van der Waals surface area contributed by atoms with Crippen LogP contribution in [0.1, 0.15) is 69.4 Å². The summed E-state index contributed by atoms with van der Waals surface area (Å²) in [6.07, 6.45) is 11.5. The molecule has 1 aromatic rings. The second-order valence-electron chi connectivity index (χ2n) is 9.52. The van der Waals surface area contributed by atoms with E-state index in [1.165, 1.54) is 32.1 Å². The highest BCUT2D eigenvalue weighted by Crippen LogP contribution is 2.38. The highest BCUT2D eigenvalue weighted by Gasteiger charge is 2.32. The van der Waals surface area contributed by atoms with Crippen molar-refractivity contribution in [2.24, 2.45) is 0 Å². The molecule has 3 fully saturated rings. The smallest absolute Gasteiger partial charge is 0.237 e. The molecule has 3 aliphatic heterocycles. The Morgan fingerprint density at radius 3 is 2.42 bits per heavy atom. The van der Waals surface area contributed by atoms with Crippen molar-refractivity contribution >= 4 is 5.91 Å². The number of nitrogens with zero attached hydrogens (tertiary/aromatic N) is 2. The van der Waals surface area contributed by atoms with Crippen LogP contribution in [-0.4, -0.2) is 67.3 Å². The van der Waals surface area contributed by atoms with Crippen LogP contribution in [0.5, 0.6) is 11.5 Å². The van der Waals surface area contributed by atoms with E-state index in [0.29, 0.717) is 32.0 Å². The Balaban J connectivity index is 1.13. The fourth-order valence-corrected chi connectivity index (χ4v) is 5.64. The van der Waals surface area contributed by atoms with Gasteiger partial charge >= 0.3 is 0 Å². The normalized spacial score (nSPS) is 25.7. The maximum atomic E-state index is 13.2. The van der Waals surface area contributed by atoms with Crippen molar-refractivity contribution < 1.29 is 19.0 Å². The van der Waals surface area contributed by atoms with Gasteiger partial charge in [0.25, 0.3) is 0 Å². The minimum atomic E-state index is 0.149. The van der Waals surface area contributed by atoms with Crippen molar-refractivity contribution in [1.82, 2.24) is 9.80 Å². The Bertz CT molecular complexity index is 756. The monoisotopic (exact) mass is 428 g/mol. The number of hydrogen-bond donors (Lipinski definition) is 0. The summed E-state index contributed by atoms with van der Waals surface area (Å²) in [4.78, 5) is 17.6. The Morgan fingerprint density at radius 2 is 1.61 bits per heavy atom. The van der Waals surface area contributed by atoms with E-state index >= 15 is 0 Å². The van der Waals surface area contributed by atoms with Gasteiger partial charge in [0.15, 0.2) is 11.5 Å². The highest BCUT2D eigenvalue weighted by molar-refractivity contribution is 5.79. The van der Waals surface area contributed by atoms with E-state index in [1.54, 1.807) is 0 Å². The standard InChI is InChI=1S/C25H36N2O4/c28-25(18-26-13-10-21(11-14-26)31-20-5-2-1-3-6-20)27-12-4-7-22(27)19-8-9-23-24(17-19)30-16-15-29-23/h8-9,17,20-22H,1-7,10-16,18H2. The molecule has 3 heterocycles. The molecule has 5 rings (SSSR count). The molecule has 0 aromatic heterocycles. The van der Waals surface area contributed by atoms with Crippen LogP contribution in [0.15, 0.2) is 18.2 Å². The molecular formula is C25H36N2O4. The molecule has 0 bridgehead atoms. The van der Waals surface area contributed by atoms with Crippen LogP contribution < -0.4 is 9.47 Å². The molecular weight excluding hydrogens is 392 g/mol. The van der Waals surface area contributed by atoms with E-state index in [9.17, 15) is 4.79 Å². The van der Waals surface area contributed by atoms with E-state index in [2.05, 4.69) is 21.9 Å². The van der Waals surface area contributed by atoms with Gasteiger partial charge < -0.3 is 19.1 Å². The van der Waals surface area contributed by atoms with Crippen LogP contribution in [-0.2, 0) is 9.53 Å². The van der Waals surface area contributed by atoms with Gasteiger partial charge in [-0.15, -0.1) is 0 Å². The summed E-state index contributed by atoms with van der Waals surface area (Å²) < 4.78 is 17.8. The summed E-state index contributed by atoms with van der Waals surface area (Å²) >= 11 is 0. The highest BCUT2D eigenvalue weighted by atomic mass is 16.6. The molecule has 4 aliphatic rings. The van der Waals surface area contributed by atoms with E-state index in [4.69, 9.17) is 14.2 Å². The van der Waals surface area contributed by atoms with E-state index in [-0.39, 0.29) is 11.9 Å². The topological polar surface area (TPSA) is 51.2 Å². The zero-order valence-corrected chi connectivity index (χ0v) is 18.6. The van der Waals surface area contributed by atoms with Gasteiger partial charge in [0.2, 0.25) is 5.91 Å². The largest absolute Gasteiger partial charge is 0.486 e. The third kappa shape index (κ3) is 5.01. The molecule has 1 aliphatic carbocycles. The Morgan fingerprint density at radius 1 is 0.871 bits per heavy atom. The van der Waals surface area contributed by atoms with Crippen LogP contribution in [0.25, 0.3) is 0 Å². The fourth-order valence-electron chi connectivity index (χ4n) is 5.64. The van der Waals surface area contributed by atoms with Gasteiger partial charge in [-0.25, -0.2) is 0 Å². The van der Waals surface area contributed by atoms with Gasteiger partial charge in [-0.05, 0) is 56.2 Å². The first-order valence-electron chi connectivity index (χ1n) is 12.3. The number of rotatable bonds is 5. The predicted molar refractivity (Wildman–Crippen MR) is 119 cm³/mol. The predicted octanol–water partition coefficient (Wildman–Crippen LogP) is 3.94. The fraction of sp³-hybridized carbons (Fsp3) is 0.720. The van der Waals surface area contributed by atoms with Gasteiger partial charge in [-0.1, -0.05) is 25.3 Å². The summed E-state index contributed by atoms with van der Waals surface area (Å²) in [6.45, 7) is 4.49. The lowest BCUT2D eigenvalue weighted by Gasteiger charge is -2.35. The maximum Gasteiger partial charge on any atom is 0.237 e. The lowest BCUT2D eigenvalue weighted by molar-refractivity contribution is -0.134. The Kier molecular flexibility index (Phi) is 6.65. The van der Waals surface area contributed by atoms with Crippen molar-refractivity contribution in [3.63, 3.8) is 0 Å². The molecule has 170 valence electrons. The van der Waals surface area contributed by atoms with Gasteiger partial charge in [0.1, 0.15) is 13.2 Å². The van der Waals surface area contributed by atoms with Crippen LogP contribution in [0.4, 0.5) is 0 Å². The third-order valence-corrected chi connectivity index (χ3v) is 7.35. The number of carbonyl (C=O) groups excluding carboxylic acids is 1. The first-order valence-corrected chi connectivity index (χ1v) is 12.3. The number of benzene rings is 1. The summed E-state index contributed by atoms with van der Waals surface area (Å²) in [6, 6.07) is 6.30. The molecule has 2 saturated heterocycles. The van der Waals surface area contributed by atoms with Gasteiger partial charge in [0.05, 0.1) is 24.8 Å². The Hall–Kier alpha value is -1.79. The van der Waals surface area contributed by atoms with Crippen LogP contribution in [0.2, 0.25) is 0 Å². The number of hydrogen-bond acceptors (Lipinski definition) is 5. The average molecular weight is 429 g/mol. The van der Waals surface area contributed by atoms with Crippen molar-refractivity contribution in [1.29, 1.82) is 0 Å². The third-order valence-electron chi connectivity index (χ3n) is 7.35. The minimum absolute atomic E-state index is 0.149. The van der Waals surface area contributed by atoms with Crippen molar-refractivity contribution in [2.45, 2.75) is 76.0 Å². The number of likely N-dealkylation sites (tertiary alicyclic amines) is 2. The lowest BCUT2D eigenvalue weighted by atomic mass is 9.97. The zero-order chi connectivity index (χ0) is 21.0. The first kappa shape index (κ1) is 21.1. The van der Waals surface area contributed by atoms with Gasteiger partial charge in [0, 0.05) is 19.6 Å². The number of fused-ring (bicyclic) bond motifs is 1. The molecule has 1 amide bonds. The summed E-state index contributed by atoms with van der Waals surface area (Å²) in [5, 5.41) is 0. The summed E-state index contributed by atoms with van der Waals surface area (Å²) in [5.74, 6) is 1.87. The number of ether oxygens (including phenoxy) is 3. The zero-order valence-electron chi connectivity index (χ0n) is 18.6. The molecule has 1 atom stereocenters. The van der Waals surface area contributed by atoms with Crippen molar-refractivity contribution in [2.75, 3.05) is 39.4 Å². The second kappa shape index (κ2) is 9.78. The molecule has 0 radical (unpaired) electrons. The quantitative estimate of drug-likeness (QED) is 0.711. The SMILES string of the molecule is O=C(CN1CCC(OC2CCCCC2)CC1)N1CCCC1c1ccc2c(c1)OCCO2. The summed E-state index contributed by atoms with van der Waals surface area (Å²) in [7, 11) is 0. The van der Waals surface area contributed by atoms with Crippen molar-refractivity contribution in [3.8, 4) is 11.5 Å². The molecule has 6 nitrogen and oxygen atoms in total. The average Bonchev–Trinajstić information content (AvgIpc) is 3.31. The first-order chi connectivity index (χ1) is 15.3. The van der Waals surface area contributed by atoms with Gasteiger partial charge in [-0.3, -0.25) is 9.69 Å². The van der Waals surface area contributed by atoms with E-state index in [1.807, 2.05) is 6.07 Å². The van der Waals surface area contributed by atoms with Crippen LogP contribution in [0.3, 0.4) is 0 Å². The molecule has 0 N–H and O–H groups in total. The van der Waals surface area contributed by atoms with Crippen LogP contribution in [0, 0.1) is 0 Å². The number of carbonyl (C=O) groups is 1. The number of amides is 1. The molecule has 0 spiro atoms. The second-order valence-corrected chi connectivity index (χ2v) is 9.52. The Labute approximate surface area is 185 Å². The molecule has 31 heavy (non-hydrogen) atoms. The number of piperidine rings is 1. The molecule has 1 unspecified atom stereocenters. The molecule has 1 saturated carbocycles. The van der Waals surface area contributed by atoms with Crippen LogP contribution >= 0.6 is 0 Å². The summed E-state index contributed by atoms with van der Waals surface area (Å²) in [5.41, 5.74) is 1.16. The lowest BCUT2D eigenvalue weighted by Crippen LogP contribution is -2.45. The molecule has 1 aromatic carbocycles.